The number of benzene rings is 1. The molecule has 0 unspecified atom stereocenters. The molecule has 1 aliphatic heterocycles. The molecule has 3 heteroatoms. The fraction of sp³-hybridized carbons (Fsp3) is 0.125. The Morgan fingerprint density at radius 3 is 2.68 bits per heavy atom. The molecule has 1 aromatic rings. The Balaban J connectivity index is 1.92. The van der Waals surface area contributed by atoms with E-state index in [2.05, 4.69) is 0 Å². The summed E-state index contributed by atoms with van der Waals surface area (Å²) in [7, 11) is 0. The highest BCUT2D eigenvalue weighted by atomic mass is 16.2. The minimum Gasteiger partial charge on any atom is -0.275 e. The molecule has 0 N–H and O–H groups in total. The molecule has 0 saturated heterocycles. The summed E-state index contributed by atoms with van der Waals surface area (Å²) >= 11 is 0. The summed E-state index contributed by atoms with van der Waals surface area (Å²) in [5.41, 5.74) is 1.07. The van der Waals surface area contributed by atoms with Gasteiger partial charge in [-0.05, 0) is 18.1 Å². The first kappa shape index (κ1) is 13.0. The number of carbonyl (C=O) groups excluding carboxylic acids is 2. The lowest BCUT2D eigenvalue weighted by Gasteiger charge is -2.19. The van der Waals surface area contributed by atoms with Gasteiger partial charge in [-0.2, -0.15) is 0 Å². The van der Waals surface area contributed by atoms with Crippen LogP contribution in [0.4, 0.5) is 0 Å². The van der Waals surface area contributed by atoms with E-state index in [0.717, 1.165) is 12.0 Å². The van der Waals surface area contributed by atoms with Crippen LogP contribution in [0.3, 0.4) is 0 Å². The summed E-state index contributed by atoms with van der Waals surface area (Å²) in [5.74, 6) is -0.514. The van der Waals surface area contributed by atoms with Crippen molar-refractivity contribution < 1.29 is 9.59 Å². The second kappa shape index (κ2) is 6.50. The predicted molar refractivity (Wildman–Crippen MR) is 75.1 cm³/mol. The summed E-state index contributed by atoms with van der Waals surface area (Å²) in [6.07, 6.45) is 10.7. The average Bonchev–Trinajstić information content (AvgIpc) is 2.45. The number of allylic oxidation sites excluding steroid dienone is 2. The van der Waals surface area contributed by atoms with Crippen LogP contribution in [0.25, 0.3) is 6.08 Å². The molecule has 1 aromatic carbocycles. The van der Waals surface area contributed by atoms with Gasteiger partial charge in [-0.1, -0.05) is 54.6 Å². The van der Waals surface area contributed by atoms with Crippen molar-refractivity contribution in [3.05, 3.63) is 66.3 Å². The van der Waals surface area contributed by atoms with Crippen LogP contribution >= 0.6 is 0 Å². The van der Waals surface area contributed by atoms with Crippen molar-refractivity contribution in [1.82, 2.24) is 4.90 Å². The summed E-state index contributed by atoms with van der Waals surface area (Å²) in [6.45, 7) is 0.459. The van der Waals surface area contributed by atoms with Crippen molar-refractivity contribution >= 4 is 17.9 Å². The highest BCUT2D eigenvalue weighted by Gasteiger charge is 2.18. The second-order valence-corrected chi connectivity index (χ2v) is 4.15. The molecule has 19 heavy (non-hydrogen) atoms. The van der Waals surface area contributed by atoms with Crippen LogP contribution in [0.5, 0.6) is 0 Å². The van der Waals surface area contributed by atoms with E-state index in [1.54, 1.807) is 18.2 Å². The molecule has 3 nitrogen and oxygen atoms in total. The van der Waals surface area contributed by atoms with Crippen molar-refractivity contribution in [1.29, 1.82) is 0 Å². The van der Waals surface area contributed by atoms with Crippen molar-refractivity contribution in [2.75, 3.05) is 6.54 Å². The number of nitrogens with zero attached hydrogens (tertiary/aromatic N) is 1. The lowest BCUT2D eigenvalue weighted by atomic mass is 10.2. The van der Waals surface area contributed by atoms with Gasteiger partial charge >= 0.3 is 0 Å². The maximum atomic E-state index is 11.8. The normalized spacial score (nSPS) is 15.6. The molecule has 2 rings (SSSR count). The van der Waals surface area contributed by atoms with E-state index in [4.69, 9.17) is 0 Å². The number of hydrogen-bond donors (Lipinski definition) is 0. The molecule has 96 valence electrons. The monoisotopic (exact) mass is 253 g/mol. The Labute approximate surface area is 112 Å². The van der Waals surface area contributed by atoms with Crippen LogP contribution in [0.1, 0.15) is 12.0 Å². The highest BCUT2D eigenvalue weighted by molar-refractivity contribution is 6.05. The predicted octanol–water partition coefficient (Wildman–Crippen LogP) is 2.57. The Hall–Kier alpha value is -2.42. The number of imide groups is 1. The molecule has 0 aromatic heterocycles. The maximum Gasteiger partial charge on any atom is 0.253 e. The number of hydrogen-bond acceptors (Lipinski definition) is 2. The molecule has 0 bridgehead atoms. The van der Waals surface area contributed by atoms with Gasteiger partial charge in [-0.15, -0.1) is 0 Å². The maximum absolute atomic E-state index is 11.8. The van der Waals surface area contributed by atoms with E-state index in [-0.39, 0.29) is 11.8 Å². The molecule has 0 spiro atoms. The Morgan fingerprint density at radius 1 is 1.16 bits per heavy atom. The quantitative estimate of drug-likeness (QED) is 0.613. The van der Waals surface area contributed by atoms with Gasteiger partial charge in [-0.25, -0.2) is 0 Å². The van der Waals surface area contributed by atoms with E-state index in [9.17, 15) is 9.59 Å². The van der Waals surface area contributed by atoms with E-state index in [1.807, 2.05) is 36.4 Å². The smallest absolute Gasteiger partial charge is 0.253 e. The minimum absolute atomic E-state index is 0.243. The second-order valence-electron chi connectivity index (χ2n) is 4.15. The molecule has 1 aliphatic rings. The van der Waals surface area contributed by atoms with Crippen LogP contribution in [-0.2, 0) is 9.59 Å². The molecule has 0 atom stereocenters. The number of rotatable bonds is 3. The Kier molecular flexibility index (Phi) is 4.45. The number of carbonyl (C=O) groups is 2. The van der Waals surface area contributed by atoms with Crippen LogP contribution in [0, 0.1) is 0 Å². The van der Waals surface area contributed by atoms with Crippen molar-refractivity contribution in [3.63, 3.8) is 0 Å². The third-order valence-corrected chi connectivity index (χ3v) is 2.75. The first-order valence-electron chi connectivity index (χ1n) is 6.19. The van der Waals surface area contributed by atoms with Gasteiger partial charge in [0.1, 0.15) is 0 Å². The molecular weight excluding hydrogens is 238 g/mol. The fourth-order valence-electron chi connectivity index (χ4n) is 1.77. The van der Waals surface area contributed by atoms with E-state index in [0.29, 0.717) is 6.54 Å². The zero-order valence-corrected chi connectivity index (χ0v) is 10.5. The lowest BCUT2D eigenvalue weighted by molar-refractivity contribution is -0.139. The zero-order valence-electron chi connectivity index (χ0n) is 10.5. The minimum atomic E-state index is -0.271. The van der Waals surface area contributed by atoms with Gasteiger partial charge in [0.2, 0.25) is 0 Å². The van der Waals surface area contributed by atoms with Gasteiger partial charge in [0, 0.05) is 12.6 Å². The van der Waals surface area contributed by atoms with Crippen LogP contribution < -0.4 is 0 Å². The summed E-state index contributed by atoms with van der Waals surface area (Å²) in [5, 5.41) is 0. The summed E-state index contributed by atoms with van der Waals surface area (Å²) in [4.78, 5) is 24.5. The standard InChI is InChI=1S/C16H15NO2/c18-15(17-13-7-6-12-16(17)19)11-5-4-10-14-8-2-1-3-9-14/h1-6,8-12H,7,13H2/b10-4+,11-5+. The summed E-state index contributed by atoms with van der Waals surface area (Å²) < 4.78 is 0. The Bertz CT molecular complexity index is 541. The van der Waals surface area contributed by atoms with Crippen LogP contribution in [-0.4, -0.2) is 23.3 Å². The topological polar surface area (TPSA) is 37.4 Å². The van der Waals surface area contributed by atoms with Crippen LogP contribution in [0.2, 0.25) is 0 Å². The summed E-state index contributed by atoms with van der Waals surface area (Å²) in [6, 6.07) is 9.81. The van der Waals surface area contributed by atoms with Gasteiger partial charge < -0.3 is 0 Å². The number of amides is 2. The molecule has 2 amide bonds. The first-order valence-corrected chi connectivity index (χ1v) is 6.19. The third-order valence-electron chi connectivity index (χ3n) is 2.75. The van der Waals surface area contributed by atoms with Gasteiger partial charge in [0.15, 0.2) is 0 Å². The molecule has 0 saturated carbocycles. The van der Waals surface area contributed by atoms with Crippen LogP contribution in [0.15, 0.2) is 60.7 Å². The van der Waals surface area contributed by atoms with Gasteiger partial charge in [0.25, 0.3) is 11.8 Å². The SMILES string of the molecule is O=C1C=CCCN1C(=O)/C=C/C=C/c1ccccc1. The largest absolute Gasteiger partial charge is 0.275 e. The molecule has 0 fully saturated rings. The molecule has 0 radical (unpaired) electrons. The lowest BCUT2D eigenvalue weighted by Crippen LogP contribution is -2.37. The van der Waals surface area contributed by atoms with Crippen molar-refractivity contribution in [2.24, 2.45) is 0 Å². The molecule has 1 heterocycles. The van der Waals surface area contributed by atoms with E-state index in [1.165, 1.54) is 17.1 Å². The zero-order chi connectivity index (χ0) is 13.5. The fourth-order valence-corrected chi connectivity index (χ4v) is 1.77. The van der Waals surface area contributed by atoms with Crippen molar-refractivity contribution in [3.8, 4) is 0 Å². The van der Waals surface area contributed by atoms with Crippen molar-refractivity contribution in [2.45, 2.75) is 6.42 Å². The third kappa shape index (κ3) is 3.78. The molecular formula is C16H15NO2. The Morgan fingerprint density at radius 2 is 1.95 bits per heavy atom. The molecule has 0 aliphatic carbocycles. The highest BCUT2D eigenvalue weighted by Crippen LogP contribution is 2.04. The first-order chi connectivity index (χ1) is 9.27. The average molecular weight is 253 g/mol. The van der Waals surface area contributed by atoms with E-state index >= 15 is 0 Å². The van der Waals surface area contributed by atoms with Gasteiger partial charge in [0.05, 0.1) is 0 Å². The van der Waals surface area contributed by atoms with E-state index < -0.39 is 0 Å². The van der Waals surface area contributed by atoms with Gasteiger partial charge in [-0.3, -0.25) is 14.5 Å².